The molecule has 92 valence electrons. The predicted molar refractivity (Wildman–Crippen MR) is 72.7 cm³/mol. The topological polar surface area (TPSA) is 98.3 Å². The van der Waals surface area contributed by atoms with Gasteiger partial charge in [-0.15, -0.1) is 0 Å². The highest BCUT2D eigenvalue weighted by Crippen LogP contribution is 2.24. The highest BCUT2D eigenvalue weighted by atomic mass is 127. The van der Waals surface area contributed by atoms with E-state index in [1.165, 1.54) is 12.1 Å². The van der Waals surface area contributed by atoms with Crippen LogP contribution in [-0.4, -0.2) is 16.9 Å². The molecule has 17 heavy (non-hydrogen) atoms. The molecule has 1 atom stereocenters. The molecular formula is C10H12IN3O3. The molecule has 1 aromatic carbocycles. The van der Waals surface area contributed by atoms with Crippen molar-refractivity contribution in [3.05, 3.63) is 31.9 Å². The fourth-order valence-corrected chi connectivity index (χ4v) is 2.01. The second-order valence-corrected chi connectivity index (χ2v) is 4.80. The maximum atomic E-state index is 10.7. The fourth-order valence-electron chi connectivity index (χ4n) is 1.35. The van der Waals surface area contributed by atoms with E-state index >= 15 is 0 Å². The van der Waals surface area contributed by atoms with Gasteiger partial charge in [-0.2, -0.15) is 0 Å². The molecule has 1 unspecified atom stereocenters. The van der Waals surface area contributed by atoms with Crippen LogP contribution < -0.4 is 11.1 Å². The number of nitro benzene ring substituents is 1. The van der Waals surface area contributed by atoms with Crippen LogP contribution in [0.5, 0.6) is 0 Å². The van der Waals surface area contributed by atoms with Crippen molar-refractivity contribution in [2.24, 2.45) is 5.73 Å². The van der Waals surface area contributed by atoms with E-state index in [1.807, 2.05) is 29.5 Å². The van der Waals surface area contributed by atoms with Crippen molar-refractivity contribution in [1.29, 1.82) is 0 Å². The van der Waals surface area contributed by atoms with Crippen molar-refractivity contribution < 1.29 is 9.72 Å². The number of nitrogens with one attached hydrogen (secondary N) is 1. The molecular weight excluding hydrogens is 337 g/mol. The molecule has 0 aliphatic rings. The van der Waals surface area contributed by atoms with Gasteiger partial charge in [-0.05, 0) is 35.6 Å². The summed E-state index contributed by atoms with van der Waals surface area (Å²) in [6, 6.07) is 4.40. The summed E-state index contributed by atoms with van der Waals surface area (Å²) in [7, 11) is 0. The van der Waals surface area contributed by atoms with Gasteiger partial charge < -0.3 is 11.1 Å². The molecule has 6 nitrogen and oxygen atoms in total. The van der Waals surface area contributed by atoms with Crippen LogP contribution in [0.2, 0.25) is 0 Å². The van der Waals surface area contributed by atoms with E-state index in [4.69, 9.17) is 5.73 Å². The highest BCUT2D eigenvalue weighted by Gasteiger charge is 2.11. The molecule has 0 aliphatic carbocycles. The molecule has 0 aromatic heterocycles. The van der Waals surface area contributed by atoms with Crippen LogP contribution in [0.3, 0.4) is 0 Å². The van der Waals surface area contributed by atoms with Crippen molar-refractivity contribution in [1.82, 2.24) is 0 Å². The second kappa shape index (κ2) is 5.80. The quantitative estimate of drug-likeness (QED) is 0.482. The largest absolute Gasteiger partial charge is 0.381 e. The number of anilines is 1. The molecule has 1 amide bonds. The summed E-state index contributed by atoms with van der Waals surface area (Å²) in [4.78, 5) is 20.8. The van der Waals surface area contributed by atoms with E-state index in [0.29, 0.717) is 0 Å². The molecule has 0 radical (unpaired) electrons. The van der Waals surface area contributed by atoms with Gasteiger partial charge in [0, 0.05) is 33.9 Å². The number of nitrogens with zero attached hydrogens (tertiary/aromatic N) is 1. The number of rotatable bonds is 5. The number of nitrogens with two attached hydrogens (primary N) is 1. The summed E-state index contributed by atoms with van der Waals surface area (Å²) in [5.74, 6) is -0.387. The van der Waals surface area contributed by atoms with Crippen molar-refractivity contribution >= 4 is 39.9 Å². The first-order valence-corrected chi connectivity index (χ1v) is 5.97. The Balaban J connectivity index is 2.79. The average Bonchev–Trinajstić information content (AvgIpc) is 2.19. The first-order valence-electron chi connectivity index (χ1n) is 4.89. The zero-order valence-electron chi connectivity index (χ0n) is 9.14. The van der Waals surface area contributed by atoms with Crippen LogP contribution in [0.15, 0.2) is 18.2 Å². The molecule has 0 heterocycles. The lowest BCUT2D eigenvalue weighted by molar-refractivity contribution is -0.384. The molecule has 0 fully saturated rings. The second-order valence-electron chi connectivity index (χ2n) is 3.64. The van der Waals surface area contributed by atoms with Crippen LogP contribution in [0.25, 0.3) is 0 Å². The third-order valence-corrected chi connectivity index (χ3v) is 2.97. The summed E-state index contributed by atoms with van der Waals surface area (Å²) in [6.45, 7) is 1.82. The molecule has 0 saturated carbocycles. The SMILES string of the molecule is CC(CC(N)=O)Nc1ccc([N+](=O)[O-])cc1I. The van der Waals surface area contributed by atoms with Crippen LogP contribution >= 0.6 is 22.6 Å². The third kappa shape index (κ3) is 4.17. The van der Waals surface area contributed by atoms with E-state index in [1.54, 1.807) is 6.07 Å². The van der Waals surface area contributed by atoms with Gasteiger partial charge in [0.25, 0.3) is 5.69 Å². The fraction of sp³-hybridized carbons (Fsp3) is 0.300. The first kappa shape index (κ1) is 13.7. The number of primary amides is 1. The number of non-ortho nitro benzene ring substituents is 1. The van der Waals surface area contributed by atoms with Gasteiger partial charge in [-0.25, -0.2) is 0 Å². The predicted octanol–water partition coefficient (Wildman–Crippen LogP) is 1.88. The number of carbonyl (C=O) groups excluding carboxylic acids is 1. The van der Waals surface area contributed by atoms with Crippen LogP contribution in [0, 0.1) is 13.7 Å². The lowest BCUT2D eigenvalue weighted by Crippen LogP contribution is -2.24. The Labute approximate surface area is 112 Å². The molecule has 0 saturated heterocycles. The van der Waals surface area contributed by atoms with E-state index in [-0.39, 0.29) is 24.1 Å². The zero-order chi connectivity index (χ0) is 13.0. The van der Waals surface area contributed by atoms with Gasteiger partial charge in [-0.3, -0.25) is 14.9 Å². The molecule has 3 N–H and O–H groups in total. The van der Waals surface area contributed by atoms with Gasteiger partial charge in [0.1, 0.15) is 0 Å². The number of hydrogen-bond acceptors (Lipinski definition) is 4. The third-order valence-electron chi connectivity index (χ3n) is 2.07. The molecule has 0 spiro atoms. The molecule has 7 heteroatoms. The van der Waals surface area contributed by atoms with Crippen LogP contribution in [-0.2, 0) is 4.79 Å². The lowest BCUT2D eigenvalue weighted by Gasteiger charge is -2.14. The van der Waals surface area contributed by atoms with E-state index in [2.05, 4.69) is 5.32 Å². The summed E-state index contributed by atoms with van der Waals surface area (Å²) >= 11 is 2.00. The minimum absolute atomic E-state index is 0.0440. The number of hydrogen-bond donors (Lipinski definition) is 2. The maximum absolute atomic E-state index is 10.7. The monoisotopic (exact) mass is 349 g/mol. The standard InChI is InChI=1S/C10H12IN3O3/c1-6(4-10(12)15)13-9-3-2-7(14(16)17)5-8(9)11/h2-3,5-6,13H,4H2,1H3,(H2,12,15). The number of amides is 1. The molecule has 1 aromatic rings. The average molecular weight is 349 g/mol. The number of halogens is 1. The van der Waals surface area contributed by atoms with Crippen molar-refractivity contribution in [3.63, 3.8) is 0 Å². The molecule has 0 aliphatic heterocycles. The Morgan fingerprint density at radius 1 is 1.65 bits per heavy atom. The highest BCUT2D eigenvalue weighted by molar-refractivity contribution is 14.1. The van der Waals surface area contributed by atoms with Gasteiger partial charge in [-0.1, -0.05) is 0 Å². The van der Waals surface area contributed by atoms with Gasteiger partial charge in [0.05, 0.1) is 4.92 Å². The van der Waals surface area contributed by atoms with E-state index in [0.717, 1.165) is 9.26 Å². The smallest absolute Gasteiger partial charge is 0.270 e. The Bertz CT molecular complexity index is 450. The van der Waals surface area contributed by atoms with E-state index < -0.39 is 4.92 Å². The minimum Gasteiger partial charge on any atom is -0.381 e. The number of carbonyl (C=O) groups is 1. The Hall–Kier alpha value is -1.38. The van der Waals surface area contributed by atoms with Crippen LogP contribution in [0.1, 0.15) is 13.3 Å². The Morgan fingerprint density at radius 3 is 2.76 bits per heavy atom. The van der Waals surface area contributed by atoms with Crippen molar-refractivity contribution in [2.45, 2.75) is 19.4 Å². The Kier molecular flexibility index (Phi) is 4.67. The summed E-state index contributed by atoms with van der Waals surface area (Å²) in [6.07, 6.45) is 0.215. The summed E-state index contributed by atoms with van der Waals surface area (Å²) in [5.41, 5.74) is 5.88. The van der Waals surface area contributed by atoms with E-state index in [9.17, 15) is 14.9 Å². The first-order chi connectivity index (χ1) is 7.90. The normalized spacial score (nSPS) is 11.9. The molecule has 0 bridgehead atoms. The zero-order valence-corrected chi connectivity index (χ0v) is 11.3. The minimum atomic E-state index is -0.446. The van der Waals surface area contributed by atoms with Gasteiger partial charge in [0.2, 0.25) is 5.91 Å². The van der Waals surface area contributed by atoms with Crippen molar-refractivity contribution in [2.75, 3.05) is 5.32 Å². The summed E-state index contributed by atoms with van der Waals surface area (Å²) in [5, 5.41) is 13.6. The summed E-state index contributed by atoms with van der Waals surface area (Å²) < 4.78 is 0.730. The molecule has 1 rings (SSSR count). The number of nitro groups is 1. The van der Waals surface area contributed by atoms with Crippen LogP contribution in [0.4, 0.5) is 11.4 Å². The lowest BCUT2D eigenvalue weighted by atomic mass is 10.2. The van der Waals surface area contributed by atoms with Crippen molar-refractivity contribution in [3.8, 4) is 0 Å². The Morgan fingerprint density at radius 2 is 2.29 bits per heavy atom. The maximum Gasteiger partial charge on any atom is 0.270 e. The van der Waals surface area contributed by atoms with Gasteiger partial charge in [0.15, 0.2) is 0 Å². The van der Waals surface area contributed by atoms with Gasteiger partial charge >= 0.3 is 0 Å². The number of benzene rings is 1.